The molecule has 0 radical (unpaired) electrons. The van der Waals surface area contributed by atoms with Gasteiger partial charge >= 0.3 is 6.09 Å². The van der Waals surface area contributed by atoms with Crippen molar-refractivity contribution < 1.29 is 9.53 Å². The van der Waals surface area contributed by atoms with Crippen molar-refractivity contribution in [2.24, 2.45) is 0 Å². The minimum absolute atomic E-state index is 0.254. The number of benzene rings is 1. The fourth-order valence-electron chi connectivity index (χ4n) is 2.39. The van der Waals surface area contributed by atoms with Crippen LogP contribution in [0.15, 0.2) is 53.6 Å². The van der Waals surface area contributed by atoms with Crippen LogP contribution in [0.2, 0.25) is 0 Å². The number of nitrogens with zero attached hydrogens (tertiary/aromatic N) is 1. The number of hydrogen-bond acceptors (Lipinski definition) is 2. The minimum atomic E-state index is -0.254. The molecule has 106 valence electrons. The number of ether oxygens (including phenoxy) is 1. The largest absolute Gasteiger partial charge is 0.445 e. The molecule has 1 aromatic carbocycles. The maximum Gasteiger partial charge on any atom is 0.410 e. The third-order valence-electron chi connectivity index (χ3n) is 3.56. The van der Waals surface area contributed by atoms with Crippen LogP contribution in [0.25, 0.3) is 0 Å². The summed E-state index contributed by atoms with van der Waals surface area (Å²) in [5, 5.41) is 0. The van der Waals surface area contributed by atoms with Crippen molar-refractivity contribution in [2.75, 3.05) is 13.1 Å². The Balaban J connectivity index is 1.91. The summed E-state index contributed by atoms with van der Waals surface area (Å²) >= 11 is 0. The van der Waals surface area contributed by atoms with Crippen molar-refractivity contribution in [1.29, 1.82) is 0 Å². The number of amides is 1. The molecule has 3 nitrogen and oxygen atoms in total. The normalized spacial score (nSPS) is 14.6. The average molecular weight is 271 g/mol. The zero-order valence-electron chi connectivity index (χ0n) is 12.2. The number of carbonyl (C=O) groups is 1. The second-order valence-corrected chi connectivity index (χ2v) is 5.11. The number of rotatable bonds is 4. The first-order valence-corrected chi connectivity index (χ1v) is 6.94. The van der Waals surface area contributed by atoms with E-state index in [1.54, 1.807) is 4.90 Å². The molecule has 2 rings (SSSR count). The molecule has 1 aliphatic heterocycles. The molecule has 0 fully saturated rings. The minimum Gasteiger partial charge on any atom is -0.445 e. The summed E-state index contributed by atoms with van der Waals surface area (Å²) in [5.74, 6) is 0. The van der Waals surface area contributed by atoms with E-state index in [9.17, 15) is 4.79 Å². The third-order valence-corrected chi connectivity index (χ3v) is 3.56. The van der Waals surface area contributed by atoms with Crippen LogP contribution in [-0.4, -0.2) is 24.1 Å². The molecule has 3 heteroatoms. The molecule has 0 spiro atoms. The van der Waals surface area contributed by atoms with E-state index in [1.165, 1.54) is 11.1 Å². The van der Waals surface area contributed by atoms with E-state index >= 15 is 0 Å². The Morgan fingerprint density at radius 2 is 2.00 bits per heavy atom. The lowest BCUT2D eigenvalue weighted by Crippen LogP contribution is -2.30. The highest BCUT2D eigenvalue weighted by molar-refractivity contribution is 5.70. The highest BCUT2D eigenvalue weighted by Gasteiger charge is 2.26. The molecule has 0 aromatic heterocycles. The molecule has 0 saturated heterocycles. The summed E-state index contributed by atoms with van der Waals surface area (Å²) in [6, 6.07) is 9.73. The van der Waals surface area contributed by atoms with Crippen molar-refractivity contribution in [2.45, 2.75) is 26.9 Å². The molecule has 0 atom stereocenters. The summed E-state index contributed by atoms with van der Waals surface area (Å²) in [5.41, 5.74) is 4.53. The standard InChI is InChI=1S/C17H21NO2/c1-4-15-10-18(11-16(15)13(2)3)17(19)20-12-14-8-6-5-7-9-14/h5-9H,2,4,10-12H2,1,3H3. The van der Waals surface area contributed by atoms with Gasteiger partial charge in [0.1, 0.15) is 6.61 Å². The summed E-state index contributed by atoms with van der Waals surface area (Å²) in [7, 11) is 0. The summed E-state index contributed by atoms with van der Waals surface area (Å²) in [4.78, 5) is 13.8. The molecule has 1 amide bonds. The van der Waals surface area contributed by atoms with Gasteiger partial charge in [0.25, 0.3) is 0 Å². The van der Waals surface area contributed by atoms with Crippen LogP contribution < -0.4 is 0 Å². The quantitative estimate of drug-likeness (QED) is 0.830. The van der Waals surface area contributed by atoms with Gasteiger partial charge in [-0.1, -0.05) is 49.4 Å². The molecule has 0 aliphatic carbocycles. The van der Waals surface area contributed by atoms with Crippen molar-refractivity contribution in [1.82, 2.24) is 4.90 Å². The topological polar surface area (TPSA) is 29.5 Å². The van der Waals surface area contributed by atoms with Gasteiger partial charge in [-0.05, 0) is 30.1 Å². The van der Waals surface area contributed by atoms with Crippen LogP contribution in [0.4, 0.5) is 4.79 Å². The van der Waals surface area contributed by atoms with Crippen LogP contribution in [0.1, 0.15) is 25.8 Å². The third kappa shape index (κ3) is 3.29. The molecular weight excluding hydrogens is 250 g/mol. The molecule has 0 saturated carbocycles. The predicted octanol–water partition coefficient (Wildman–Crippen LogP) is 3.92. The Morgan fingerprint density at radius 1 is 1.30 bits per heavy atom. The van der Waals surface area contributed by atoms with Gasteiger partial charge in [-0.2, -0.15) is 0 Å². The number of hydrogen-bond donors (Lipinski definition) is 0. The Bertz CT molecular complexity index is 531. The van der Waals surface area contributed by atoms with Gasteiger partial charge in [0.15, 0.2) is 0 Å². The zero-order valence-corrected chi connectivity index (χ0v) is 12.2. The van der Waals surface area contributed by atoms with Gasteiger partial charge in [0.2, 0.25) is 0 Å². The van der Waals surface area contributed by atoms with Gasteiger partial charge in [-0.15, -0.1) is 0 Å². The van der Waals surface area contributed by atoms with Crippen LogP contribution in [0.3, 0.4) is 0 Å². The average Bonchev–Trinajstić information content (AvgIpc) is 2.90. The summed E-state index contributed by atoms with van der Waals surface area (Å²) in [6.07, 6.45) is 0.695. The van der Waals surface area contributed by atoms with Crippen LogP contribution in [0.5, 0.6) is 0 Å². The Kier molecular flexibility index (Phi) is 4.61. The van der Waals surface area contributed by atoms with Crippen molar-refractivity contribution in [3.8, 4) is 0 Å². The van der Waals surface area contributed by atoms with Crippen LogP contribution in [0, 0.1) is 0 Å². The lowest BCUT2D eigenvalue weighted by atomic mass is 10.0. The molecule has 0 unspecified atom stereocenters. The Labute approximate surface area is 120 Å². The van der Waals surface area contributed by atoms with E-state index < -0.39 is 0 Å². The van der Waals surface area contributed by atoms with E-state index in [-0.39, 0.29) is 6.09 Å². The molecule has 1 heterocycles. The zero-order chi connectivity index (χ0) is 14.5. The van der Waals surface area contributed by atoms with E-state index in [0.717, 1.165) is 17.6 Å². The first-order chi connectivity index (χ1) is 9.61. The Hall–Kier alpha value is -2.03. The maximum atomic E-state index is 12.1. The second-order valence-electron chi connectivity index (χ2n) is 5.11. The van der Waals surface area contributed by atoms with Crippen molar-refractivity contribution in [3.63, 3.8) is 0 Å². The summed E-state index contributed by atoms with van der Waals surface area (Å²) < 4.78 is 5.36. The highest BCUT2D eigenvalue weighted by Crippen LogP contribution is 2.25. The maximum absolute atomic E-state index is 12.1. The van der Waals surface area contributed by atoms with Crippen LogP contribution >= 0.6 is 0 Å². The van der Waals surface area contributed by atoms with Crippen molar-refractivity contribution >= 4 is 6.09 Å². The van der Waals surface area contributed by atoms with Gasteiger partial charge < -0.3 is 4.74 Å². The van der Waals surface area contributed by atoms with E-state index in [4.69, 9.17) is 4.74 Å². The molecule has 20 heavy (non-hydrogen) atoms. The predicted molar refractivity (Wildman–Crippen MR) is 80.3 cm³/mol. The fraction of sp³-hybridized carbons (Fsp3) is 0.353. The lowest BCUT2D eigenvalue weighted by Gasteiger charge is -2.16. The van der Waals surface area contributed by atoms with Crippen molar-refractivity contribution in [3.05, 3.63) is 59.2 Å². The van der Waals surface area contributed by atoms with Gasteiger partial charge in [-0.3, -0.25) is 4.90 Å². The molecular formula is C17H21NO2. The molecule has 0 N–H and O–H groups in total. The van der Waals surface area contributed by atoms with E-state index in [2.05, 4.69) is 13.5 Å². The molecule has 1 aliphatic rings. The smallest absolute Gasteiger partial charge is 0.410 e. The van der Waals surface area contributed by atoms with Crippen LogP contribution in [-0.2, 0) is 11.3 Å². The first-order valence-electron chi connectivity index (χ1n) is 6.94. The lowest BCUT2D eigenvalue weighted by molar-refractivity contribution is 0.105. The monoisotopic (exact) mass is 271 g/mol. The second kappa shape index (κ2) is 6.42. The SMILES string of the molecule is C=C(C)C1=C(CC)CN(C(=O)OCc2ccccc2)C1. The van der Waals surface area contributed by atoms with E-state index in [1.807, 2.05) is 37.3 Å². The van der Waals surface area contributed by atoms with Gasteiger partial charge in [-0.25, -0.2) is 4.79 Å². The van der Waals surface area contributed by atoms with Gasteiger partial charge in [0, 0.05) is 13.1 Å². The molecule has 0 bridgehead atoms. The van der Waals surface area contributed by atoms with E-state index in [0.29, 0.717) is 19.7 Å². The molecule has 1 aromatic rings. The Morgan fingerprint density at radius 3 is 2.55 bits per heavy atom. The summed E-state index contributed by atoms with van der Waals surface area (Å²) in [6.45, 7) is 9.68. The highest BCUT2D eigenvalue weighted by atomic mass is 16.6. The van der Waals surface area contributed by atoms with Gasteiger partial charge in [0.05, 0.1) is 0 Å². The fourth-order valence-corrected chi connectivity index (χ4v) is 2.39. The number of carbonyl (C=O) groups excluding carboxylic acids is 1. The first kappa shape index (κ1) is 14.4.